The molecule has 4 aromatic rings. The fraction of sp³-hybridized carbons (Fsp3) is 0.0938. The molecule has 5 rings (SSSR count). The van der Waals surface area contributed by atoms with Gasteiger partial charge in [-0.15, -0.1) is 0 Å². The maximum Gasteiger partial charge on any atom is 0.343 e. The van der Waals surface area contributed by atoms with Crippen LogP contribution in [0.15, 0.2) is 97.1 Å². The van der Waals surface area contributed by atoms with Crippen LogP contribution in [0, 0.1) is 10.5 Å². The van der Waals surface area contributed by atoms with Gasteiger partial charge in [-0.25, -0.2) is 14.6 Å². The number of benzene rings is 4. The molecule has 1 aliphatic heterocycles. The van der Waals surface area contributed by atoms with Crippen LogP contribution in [0.5, 0.6) is 11.5 Å². The second-order valence-electron chi connectivity index (χ2n) is 9.09. The van der Waals surface area contributed by atoms with Gasteiger partial charge in [0, 0.05) is 5.39 Å². The molecule has 1 aliphatic rings. The fourth-order valence-corrected chi connectivity index (χ4v) is 5.39. The molecule has 200 valence electrons. The molecule has 8 heteroatoms. The van der Waals surface area contributed by atoms with Crippen molar-refractivity contribution in [2.24, 2.45) is 0 Å². The molecule has 0 radical (unpaired) electrons. The van der Waals surface area contributed by atoms with Crippen LogP contribution in [0.1, 0.15) is 11.1 Å². The number of carbonyl (C=O) groups excluding carboxylic acids is 3. The summed E-state index contributed by atoms with van der Waals surface area (Å²) in [5.74, 6) is -0.455. The third kappa shape index (κ3) is 4.98. The molecule has 0 unspecified atom stereocenters. The van der Waals surface area contributed by atoms with E-state index in [4.69, 9.17) is 9.47 Å². The van der Waals surface area contributed by atoms with Gasteiger partial charge in [-0.2, -0.15) is 0 Å². The second kappa shape index (κ2) is 11.4. The highest BCUT2D eigenvalue weighted by Crippen LogP contribution is 2.37. The maximum absolute atomic E-state index is 14.0. The number of aryl methyl sites for hydroxylation is 1. The molecule has 4 aromatic carbocycles. The summed E-state index contributed by atoms with van der Waals surface area (Å²) >= 11 is 2.11. The van der Waals surface area contributed by atoms with Crippen LogP contribution in [0.3, 0.4) is 0 Å². The van der Waals surface area contributed by atoms with Crippen molar-refractivity contribution in [1.29, 1.82) is 0 Å². The van der Waals surface area contributed by atoms with Crippen molar-refractivity contribution in [2.45, 2.75) is 6.92 Å². The molecule has 0 aromatic heterocycles. The maximum atomic E-state index is 14.0. The number of imide groups is 2. The number of ether oxygens (including phenoxy) is 2. The van der Waals surface area contributed by atoms with E-state index < -0.39 is 17.8 Å². The Hall–Kier alpha value is -4.44. The highest BCUT2D eigenvalue weighted by atomic mass is 127. The number of rotatable bonds is 7. The Kier molecular flexibility index (Phi) is 7.70. The van der Waals surface area contributed by atoms with Crippen molar-refractivity contribution in [1.82, 2.24) is 0 Å². The number of amides is 4. The number of anilines is 2. The number of halogens is 1. The van der Waals surface area contributed by atoms with Gasteiger partial charge in [0.15, 0.2) is 11.5 Å². The Morgan fingerprint density at radius 3 is 2.38 bits per heavy atom. The highest BCUT2D eigenvalue weighted by Gasteiger charge is 2.44. The highest BCUT2D eigenvalue weighted by molar-refractivity contribution is 14.1. The van der Waals surface area contributed by atoms with Crippen LogP contribution < -0.4 is 19.3 Å². The first-order valence-electron chi connectivity index (χ1n) is 12.4. The molecule has 0 N–H and O–H groups in total. The average Bonchev–Trinajstić information content (AvgIpc) is 2.94. The molecule has 0 saturated carbocycles. The summed E-state index contributed by atoms with van der Waals surface area (Å²) in [6, 6.07) is 22.6. The lowest BCUT2D eigenvalue weighted by molar-refractivity contribution is -0.121. The van der Waals surface area contributed by atoms with E-state index in [9.17, 15) is 14.4 Å². The van der Waals surface area contributed by atoms with Crippen molar-refractivity contribution in [2.75, 3.05) is 23.5 Å². The lowest BCUT2D eigenvalue weighted by Gasteiger charge is -2.34. The number of hydrogen-bond donors (Lipinski definition) is 0. The lowest BCUT2D eigenvalue weighted by Crippen LogP contribution is -2.57. The van der Waals surface area contributed by atoms with E-state index in [1.807, 2.05) is 43.3 Å². The molecule has 0 atom stereocenters. The minimum Gasteiger partial charge on any atom is -0.493 e. The molecule has 0 spiro atoms. The van der Waals surface area contributed by atoms with Gasteiger partial charge in [0.05, 0.1) is 22.1 Å². The van der Waals surface area contributed by atoms with Crippen LogP contribution in [-0.4, -0.2) is 31.6 Å². The van der Waals surface area contributed by atoms with E-state index >= 15 is 0 Å². The number of nitrogens with zero attached hydrogens (tertiary/aromatic N) is 2. The second-order valence-corrected chi connectivity index (χ2v) is 10.3. The summed E-state index contributed by atoms with van der Waals surface area (Å²) in [6.07, 6.45) is 3.11. The van der Waals surface area contributed by atoms with Gasteiger partial charge in [-0.3, -0.25) is 9.59 Å². The van der Waals surface area contributed by atoms with Gasteiger partial charge in [0.1, 0.15) is 12.2 Å². The van der Waals surface area contributed by atoms with Gasteiger partial charge < -0.3 is 9.47 Å². The largest absolute Gasteiger partial charge is 0.493 e. The quantitative estimate of drug-likeness (QED) is 0.0947. The van der Waals surface area contributed by atoms with E-state index in [0.29, 0.717) is 33.8 Å². The summed E-state index contributed by atoms with van der Waals surface area (Å²) in [4.78, 5) is 43.9. The number of methoxy groups -OCH3 is 1. The molecule has 4 amide bonds. The third-order valence-electron chi connectivity index (χ3n) is 6.43. The predicted octanol–water partition coefficient (Wildman–Crippen LogP) is 6.91. The lowest BCUT2D eigenvalue weighted by atomic mass is 10.0. The zero-order valence-corrected chi connectivity index (χ0v) is 24.0. The van der Waals surface area contributed by atoms with E-state index in [-0.39, 0.29) is 12.2 Å². The van der Waals surface area contributed by atoms with Gasteiger partial charge in [0.2, 0.25) is 0 Å². The van der Waals surface area contributed by atoms with Gasteiger partial charge in [-0.05, 0) is 82.4 Å². The first-order valence-corrected chi connectivity index (χ1v) is 13.5. The summed E-state index contributed by atoms with van der Waals surface area (Å²) in [6.45, 7) is 5.84. The van der Waals surface area contributed by atoms with Crippen LogP contribution in [0.25, 0.3) is 16.8 Å². The molecule has 0 bridgehead atoms. The Bertz CT molecular complexity index is 1710. The fourth-order valence-electron chi connectivity index (χ4n) is 4.61. The Morgan fingerprint density at radius 1 is 0.900 bits per heavy atom. The molecule has 1 saturated heterocycles. The molecule has 1 fully saturated rings. The zero-order valence-electron chi connectivity index (χ0n) is 21.9. The Morgan fingerprint density at radius 2 is 1.62 bits per heavy atom. The Balaban J connectivity index is 1.69. The number of barbiturate groups is 1. The topological polar surface area (TPSA) is 76.2 Å². The molecular formula is C32H25IN2O5. The van der Waals surface area contributed by atoms with Crippen molar-refractivity contribution < 1.29 is 23.9 Å². The number of fused-ring (bicyclic) bond motifs is 1. The van der Waals surface area contributed by atoms with Gasteiger partial charge in [0.25, 0.3) is 11.8 Å². The van der Waals surface area contributed by atoms with Crippen LogP contribution >= 0.6 is 22.6 Å². The molecule has 0 aliphatic carbocycles. The summed E-state index contributed by atoms with van der Waals surface area (Å²) in [5, 5.41) is 1.57. The van der Waals surface area contributed by atoms with E-state index in [2.05, 4.69) is 29.2 Å². The Labute approximate surface area is 245 Å². The first kappa shape index (κ1) is 27.1. The molecule has 7 nitrogen and oxygen atoms in total. The van der Waals surface area contributed by atoms with Crippen LogP contribution in [0.4, 0.5) is 16.2 Å². The summed E-state index contributed by atoms with van der Waals surface area (Å²) in [7, 11) is 1.51. The number of hydrogen-bond acceptors (Lipinski definition) is 5. The molecule has 40 heavy (non-hydrogen) atoms. The van der Waals surface area contributed by atoms with Crippen molar-refractivity contribution in [3.63, 3.8) is 0 Å². The van der Waals surface area contributed by atoms with E-state index in [0.717, 1.165) is 24.3 Å². The van der Waals surface area contributed by atoms with Crippen LogP contribution in [-0.2, 0) is 9.59 Å². The molecule has 1 heterocycles. The van der Waals surface area contributed by atoms with Gasteiger partial charge >= 0.3 is 6.03 Å². The number of urea groups is 1. The van der Waals surface area contributed by atoms with Gasteiger partial charge in [-0.1, -0.05) is 61.2 Å². The minimum atomic E-state index is -0.741. The summed E-state index contributed by atoms with van der Waals surface area (Å²) in [5.41, 5.74) is 2.02. The van der Waals surface area contributed by atoms with Crippen molar-refractivity contribution in [3.05, 3.63) is 112 Å². The predicted molar refractivity (Wildman–Crippen MR) is 165 cm³/mol. The zero-order chi connectivity index (χ0) is 28.4. The normalized spacial score (nSPS) is 14.7. The van der Waals surface area contributed by atoms with E-state index in [1.165, 1.54) is 13.2 Å². The number of carbonyl (C=O) groups is 3. The van der Waals surface area contributed by atoms with E-state index in [1.54, 1.807) is 48.5 Å². The van der Waals surface area contributed by atoms with Crippen LogP contribution in [0.2, 0.25) is 0 Å². The summed E-state index contributed by atoms with van der Waals surface area (Å²) < 4.78 is 12.0. The third-order valence-corrected chi connectivity index (χ3v) is 7.23. The first-order chi connectivity index (χ1) is 19.3. The minimum absolute atomic E-state index is 0.161. The van der Waals surface area contributed by atoms with Crippen molar-refractivity contribution in [3.8, 4) is 11.5 Å². The SMILES string of the molecule is C=CCOc1c(I)cc(/C=C2\C(=O)N(c3cccc(C)c3)C(=O)N(c3cccc4ccccc34)C2=O)cc1OC. The molecular weight excluding hydrogens is 619 g/mol. The van der Waals surface area contributed by atoms with Crippen molar-refractivity contribution >= 4 is 68.7 Å². The monoisotopic (exact) mass is 644 g/mol. The standard InChI is InChI=1S/C32H25IN2O5/c1-4-15-40-29-26(33)18-21(19-28(29)39-3)17-25-30(36)34(23-12-7-9-20(2)16-23)32(38)35(31(25)37)27-14-8-11-22-10-5-6-13-24(22)27/h4-14,16-19H,1,15H2,2-3H3/b25-17+. The smallest absolute Gasteiger partial charge is 0.343 e. The average molecular weight is 644 g/mol.